The number of benzene rings is 1. The summed E-state index contributed by atoms with van der Waals surface area (Å²) in [5.41, 5.74) is 1.32. The van der Waals surface area contributed by atoms with E-state index in [9.17, 15) is 24.3 Å². The van der Waals surface area contributed by atoms with Crippen molar-refractivity contribution < 1.29 is 24.3 Å². The van der Waals surface area contributed by atoms with Gasteiger partial charge in [0.15, 0.2) is 0 Å². The van der Waals surface area contributed by atoms with Gasteiger partial charge in [-0.3, -0.25) is 29.0 Å². The summed E-state index contributed by atoms with van der Waals surface area (Å²) in [6, 6.07) is 12.3. The van der Waals surface area contributed by atoms with Crippen molar-refractivity contribution in [1.82, 2.24) is 9.80 Å². The molecule has 0 unspecified atom stereocenters. The zero-order valence-electron chi connectivity index (χ0n) is 21.2. The maximum atomic E-state index is 13.9. The predicted octanol–water partition coefficient (Wildman–Crippen LogP) is 5.21. The Bertz CT molecular complexity index is 1570. The summed E-state index contributed by atoms with van der Waals surface area (Å²) in [4.78, 5) is 59.6. The Labute approximate surface area is 243 Å². The van der Waals surface area contributed by atoms with Gasteiger partial charge >= 0.3 is 0 Å². The smallest absolute Gasteiger partial charge is 0.234 e. The molecule has 40 heavy (non-hydrogen) atoms. The van der Waals surface area contributed by atoms with Crippen LogP contribution in [0, 0.1) is 29.6 Å². The van der Waals surface area contributed by atoms with Gasteiger partial charge in [-0.2, -0.15) is 0 Å². The molecule has 4 amide bonds. The maximum absolute atomic E-state index is 13.9. The highest BCUT2D eigenvalue weighted by atomic mass is 35.5. The van der Waals surface area contributed by atoms with E-state index >= 15 is 0 Å². The average Bonchev–Trinajstić information content (AvgIpc) is 3.74. The van der Waals surface area contributed by atoms with Crippen molar-refractivity contribution in [2.75, 3.05) is 0 Å². The lowest BCUT2D eigenvalue weighted by atomic mass is 9.57. The zero-order chi connectivity index (χ0) is 27.7. The SMILES string of the molecule is O=C1[C@H]2[C@H](CC=C3[C@H]2C[C@H]2C(=O)N(Cc4cccs4)C(=O)[C@H]2[C@H]3c2cc(Cl)ccc2O)C(=O)N1Cc1cccs1. The lowest BCUT2D eigenvalue weighted by Gasteiger charge is -2.44. The number of carbonyl (C=O) groups is 4. The third-order valence-corrected chi connectivity index (χ3v) is 10.9. The quantitative estimate of drug-likeness (QED) is 0.324. The summed E-state index contributed by atoms with van der Waals surface area (Å²) in [7, 11) is 0. The van der Waals surface area contributed by atoms with E-state index in [4.69, 9.17) is 11.6 Å². The number of likely N-dealkylation sites (tertiary alicyclic amines) is 2. The number of nitrogens with zero attached hydrogens (tertiary/aromatic N) is 2. The first-order valence-electron chi connectivity index (χ1n) is 13.3. The molecule has 1 aromatic carbocycles. The number of halogens is 1. The number of hydrogen-bond donors (Lipinski definition) is 1. The number of rotatable bonds is 5. The van der Waals surface area contributed by atoms with Crippen LogP contribution < -0.4 is 0 Å². The number of hydrogen-bond acceptors (Lipinski definition) is 7. The number of imide groups is 2. The van der Waals surface area contributed by atoms with E-state index in [0.29, 0.717) is 23.4 Å². The van der Waals surface area contributed by atoms with Crippen molar-refractivity contribution in [3.8, 4) is 5.75 Å². The second-order valence-electron chi connectivity index (χ2n) is 10.9. The fourth-order valence-corrected chi connectivity index (χ4v) is 8.84. The van der Waals surface area contributed by atoms with Crippen molar-refractivity contribution in [3.05, 3.63) is 85.2 Å². The van der Waals surface area contributed by atoms with Crippen LogP contribution in [0.15, 0.2) is 64.9 Å². The molecule has 4 heterocycles. The van der Waals surface area contributed by atoms with Gasteiger partial charge in [-0.15, -0.1) is 22.7 Å². The molecule has 4 aliphatic rings. The number of thiophene rings is 2. The van der Waals surface area contributed by atoms with Crippen molar-refractivity contribution in [3.63, 3.8) is 0 Å². The van der Waals surface area contributed by atoms with Crippen molar-refractivity contribution in [2.24, 2.45) is 29.6 Å². The minimum absolute atomic E-state index is 0.0121. The van der Waals surface area contributed by atoms with Crippen LogP contribution in [0.5, 0.6) is 5.75 Å². The normalized spacial score (nSPS) is 29.5. The molecule has 2 aliphatic carbocycles. The minimum Gasteiger partial charge on any atom is -0.508 e. The van der Waals surface area contributed by atoms with Gasteiger partial charge in [0.2, 0.25) is 23.6 Å². The maximum Gasteiger partial charge on any atom is 0.234 e. The predicted molar refractivity (Wildman–Crippen MR) is 150 cm³/mol. The molecule has 2 aromatic heterocycles. The number of fused-ring (bicyclic) bond motifs is 4. The summed E-state index contributed by atoms with van der Waals surface area (Å²) in [6.07, 6.45) is 2.66. The number of allylic oxidation sites excluding steroid dienone is 2. The van der Waals surface area contributed by atoms with Crippen molar-refractivity contribution in [1.29, 1.82) is 0 Å². The molecule has 3 fully saturated rings. The van der Waals surface area contributed by atoms with Gasteiger partial charge in [0.1, 0.15) is 5.75 Å². The van der Waals surface area contributed by atoms with Crippen LogP contribution in [0.25, 0.3) is 0 Å². The highest BCUT2D eigenvalue weighted by Gasteiger charge is 2.62. The highest BCUT2D eigenvalue weighted by molar-refractivity contribution is 7.10. The Morgan fingerprint density at radius 1 is 0.800 bits per heavy atom. The molecule has 7 nitrogen and oxygen atoms in total. The van der Waals surface area contributed by atoms with E-state index in [2.05, 4.69) is 0 Å². The van der Waals surface area contributed by atoms with Gasteiger partial charge in [-0.25, -0.2) is 0 Å². The minimum atomic E-state index is -0.717. The van der Waals surface area contributed by atoms with Gasteiger partial charge < -0.3 is 5.11 Å². The fourth-order valence-electron chi connectivity index (χ4n) is 7.27. The first-order valence-corrected chi connectivity index (χ1v) is 15.4. The van der Waals surface area contributed by atoms with Gasteiger partial charge in [-0.1, -0.05) is 35.4 Å². The van der Waals surface area contributed by atoms with E-state index in [1.165, 1.54) is 38.5 Å². The summed E-state index contributed by atoms with van der Waals surface area (Å²) >= 11 is 9.35. The molecule has 2 aliphatic heterocycles. The summed E-state index contributed by atoms with van der Waals surface area (Å²) < 4.78 is 0. The standard InChI is InChI=1S/C30H25ClN2O5S2/c31-15-5-8-23(34)21(11-15)24-18-6-7-19-25(29(37)32(27(19)35)13-16-3-1-9-39-16)20(18)12-22-26(24)30(38)33(28(22)36)14-17-4-2-10-40-17/h1-6,8-11,19-20,22,24-26,34H,7,12-14H2/t19-,20+,22+,24+,25-,26+/m0/s1. The van der Waals surface area contributed by atoms with Gasteiger partial charge in [0.25, 0.3) is 0 Å². The number of amides is 4. The van der Waals surface area contributed by atoms with Crippen LogP contribution in [0.4, 0.5) is 0 Å². The van der Waals surface area contributed by atoms with E-state index < -0.39 is 35.5 Å². The van der Waals surface area contributed by atoms with Gasteiger partial charge in [0.05, 0.1) is 36.8 Å². The molecule has 0 spiro atoms. The Morgan fingerprint density at radius 3 is 2.05 bits per heavy atom. The topological polar surface area (TPSA) is 95.0 Å². The molecule has 3 aromatic rings. The first-order chi connectivity index (χ1) is 19.3. The van der Waals surface area contributed by atoms with Crippen LogP contribution in [-0.2, 0) is 32.3 Å². The Hall–Kier alpha value is -3.27. The molecule has 0 bridgehead atoms. The molecule has 1 N–H and O–H groups in total. The number of phenols is 1. The molecule has 7 rings (SSSR count). The van der Waals surface area contributed by atoms with Crippen LogP contribution in [0.1, 0.15) is 34.1 Å². The second kappa shape index (κ2) is 9.68. The summed E-state index contributed by atoms with van der Waals surface area (Å²) in [5, 5.41) is 15.2. The largest absolute Gasteiger partial charge is 0.508 e. The Balaban J connectivity index is 1.30. The van der Waals surface area contributed by atoms with Crippen molar-refractivity contribution >= 4 is 57.9 Å². The Kier molecular flexibility index (Phi) is 6.21. The lowest BCUT2D eigenvalue weighted by Crippen LogP contribution is -2.43. The number of phenolic OH excluding ortho intramolecular Hbond substituents is 1. The third-order valence-electron chi connectivity index (χ3n) is 8.94. The second-order valence-corrected chi connectivity index (χ2v) is 13.4. The van der Waals surface area contributed by atoms with Crippen LogP contribution in [-0.4, -0.2) is 38.5 Å². The average molecular weight is 593 g/mol. The molecule has 1 saturated carbocycles. The molecule has 0 radical (unpaired) electrons. The van der Waals surface area contributed by atoms with E-state index in [1.807, 2.05) is 41.1 Å². The summed E-state index contributed by atoms with van der Waals surface area (Å²) in [6.45, 7) is 0.430. The molecular formula is C30H25ClN2O5S2. The Morgan fingerprint density at radius 2 is 1.43 bits per heavy atom. The van der Waals surface area contributed by atoms with Crippen LogP contribution >= 0.6 is 34.3 Å². The van der Waals surface area contributed by atoms with Gasteiger partial charge in [-0.05, 0) is 59.9 Å². The third kappa shape index (κ3) is 3.89. The molecular weight excluding hydrogens is 568 g/mol. The van der Waals surface area contributed by atoms with Gasteiger partial charge in [0, 0.05) is 26.3 Å². The zero-order valence-corrected chi connectivity index (χ0v) is 23.6. The monoisotopic (exact) mass is 592 g/mol. The van der Waals surface area contributed by atoms with E-state index in [1.54, 1.807) is 12.1 Å². The van der Waals surface area contributed by atoms with Crippen LogP contribution in [0.3, 0.4) is 0 Å². The molecule has 204 valence electrons. The molecule has 10 heteroatoms. The lowest BCUT2D eigenvalue weighted by molar-refractivity contribution is -0.142. The first kappa shape index (κ1) is 25.7. The number of carbonyl (C=O) groups excluding carboxylic acids is 4. The van der Waals surface area contributed by atoms with Crippen LogP contribution in [0.2, 0.25) is 5.02 Å². The fraction of sp³-hybridized carbons (Fsp3) is 0.333. The highest BCUT2D eigenvalue weighted by Crippen LogP contribution is 2.59. The van der Waals surface area contributed by atoms with Crippen molar-refractivity contribution in [2.45, 2.75) is 31.8 Å². The van der Waals surface area contributed by atoms with E-state index in [-0.39, 0.29) is 42.5 Å². The number of aromatic hydroxyl groups is 1. The molecule has 6 atom stereocenters. The molecule has 2 saturated heterocycles. The summed E-state index contributed by atoms with van der Waals surface area (Å²) in [5.74, 6) is -4.46. The van der Waals surface area contributed by atoms with E-state index in [0.717, 1.165) is 15.3 Å².